The van der Waals surface area contributed by atoms with E-state index in [1.807, 2.05) is 18.2 Å². The highest BCUT2D eigenvalue weighted by atomic mass is 16.5. The molecule has 3 nitrogen and oxygen atoms in total. The lowest BCUT2D eigenvalue weighted by Crippen LogP contribution is -2.00. The predicted octanol–water partition coefficient (Wildman–Crippen LogP) is 3.11. The van der Waals surface area contributed by atoms with E-state index in [2.05, 4.69) is 30.5 Å². The highest BCUT2D eigenvalue weighted by molar-refractivity contribution is 5.50. The molecule has 0 radical (unpaired) electrons. The van der Waals surface area contributed by atoms with E-state index >= 15 is 0 Å². The van der Waals surface area contributed by atoms with Crippen LogP contribution in [0.4, 0.5) is 0 Å². The van der Waals surface area contributed by atoms with Gasteiger partial charge in [-0.3, -0.25) is 0 Å². The summed E-state index contributed by atoms with van der Waals surface area (Å²) in [7, 11) is 3.29. The standard InChI is InChI=1S/C14H17NO2/c1-10-5-6-11(2)15(10)12-7-8-13(16-3)14(9-12)17-4/h5-9H,1-4H3. The second-order valence-electron chi connectivity index (χ2n) is 3.99. The van der Waals surface area contributed by atoms with Crippen molar-refractivity contribution in [3.05, 3.63) is 41.7 Å². The molecule has 0 unspecified atom stereocenters. The first-order valence-electron chi connectivity index (χ1n) is 5.54. The number of hydrogen-bond donors (Lipinski definition) is 0. The Kier molecular flexibility index (Phi) is 3.09. The zero-order valence-electron chi connectivity index (χ0n) is 10.7. The Hall–Kier alpha value is -1.90. The molecule has 0 N–H and O–H groups in total. The van der Waals surface area contributed by atoms with Crippen molar-refractivity contribution in [1.29, 1.82) is 0 Å². The van der Waals surface area contributed by atoms with E-state index in [9.17, 15) is 0 Å². The lowest BCUT2D eigenvalue weighted by molar-refractivity contribution is 0.355. The molecular weight excluding hydrogens is 214 g/mol. The van der Waals surface area contributed by atoms with Crippen molar-refractivity contribution in [2.75, 3.05) is 14.2 Å². The number of hydrogen-bond acceptors (Lipinski definition) is 2. The van der Waals surface area contributed by atoms with Crippen LogP contribution >= 0.6 is 0 Å². The molecule has 90 valence electrons. The van der Waals surface area contributed by atoms with Crippen molar-refractivity contribution < 1.29 is 9.47 Å². The van der Waals surface area contributed by atoms with Crippen molar-refractivity contribution >= 4 is 0 Å². The summed E-state index contributed by atoms with van der Waals surface area (Å²) in [6, 6.07) is 10.1. The molecule has 0 aliphatic rings. The topological polar surface area (TPSA) is 23.4 Å². The fourth-order valence-electron chi connectivity index (χ4n) is 2.04. The van der Waals surface area contributed by atoms with Crippen LogP contribution in [0.15, 0.2) is 30.3 Å². The van der Waals surface area contributed by atoms with Crippen LogP contribution in [0.25, 0.3) is 5.69 Å². The molecule has 0 amide bonds. The van der Waals surface area contributed by atoms with Crippen LogP contribution in [0.5, 0.6) is 11.5 Å². The summed E-state index contributed by atoms with van der Waals surface area (Å²) >= 11 is 0. The Morgan fingerprint density at radius 2 is 1.41 bits per heavy atom. The van der Waals surface area contributed by atoms with Gasteiger partial charge in [-0.05, 0) is 38.1 Å². The molecule has 0 fully saturated rings. The lowest BCUT2D eigenvalue weighted by atomic mass is 10.2. The van der Waals surface area contributed by atoms with E-state index in [-0.39, 0.29) is 0 Å². The minimum atomic E-state index is 0.748. The Morgan fingerprint density at radius 3 is 1.94 bits per heavy atom. The molecule has 1 heterocycles. The molecule has 1 aromatic carbocycles. The predicted molar refractivity (Wildman–Crippen MR) is 68.3 cm³/mol. The summed E-state index contributed by atoms with van der Waals surface area (Å²) in [6.45, 7) is 4.17. The van der Waals surface area contributed by atoms with Crippen LogP contribution in [0.3, 0.4) is 0 Å². The van der Waals surface area contributed by atoms with Crippen molar-refractivity contribution in [3.8, 4) is 17.2 Å². The van der Waals surface area contributed by atoms with Gasteiger partial charge in [-0.25, -0.2) is 0 Å². The van der Waals surface area contributed by atoms with Crippen LogP contribution in [0.1, 0.15) is 11.4 Å². The van der Waals surface area contributed by atoms with Crippen molar-refractivity contribution in [3.63, 3.8) is 0 Å². The fraction of sp³-hybridized carbons (Fsp3) is 0.286. The number of benzene rings is 1. The first kappa shape index (κ1) is 11.6. The molecule has 2 rings (SSSR count). The third-order valence-corrected chi connectivity index (χ3v) is 2.90. The number of aromatic nitrogens is 1. The molecule has 2 aromatic rings. The maximum absolute atomic E-state index is 5.32. The van der Waals surface area contributed by atoms with E-state index < -0.39 is 0 Å². The maximum Gasteiger partial charge on any atom is 0.162 e. The van der Waals surface area contributed by atoms with Crippen LogP contribution in [-0.2, 0) is 0 Å². The largest absolute Gasteiger partial charge is 0.493 e. The first-order chi connectivity index (χ1) is 8.17. The van der Waals surface area contributed by atoms with Gasteiger partial charge in [-0.1, -0.05) is 0 Å². The van der Waals surface area contributed by atoms with Gasteiger partial charge in [0.25, 0.3) is 0 Å². The summed E-state index contributed by atoms with van der Waals surface area (Å²) in [4.78, 5) is 0. The molecule has 17 heavy (non-hydrogen) atoms. The minimum absolute atomic E-state index is 0.748. The zero-order valence-corrected chi connectivity index (χ0v) is 10.7. The minimum Gasteiger partial charge on any atom is -0.493 e. The number of methoxy groups -OCH3 is 2. The van der Waals surface area contributed by atoms with E-state index in [0.29, 0.717) is 0 Å². The summed E-state index contributed by atoms with van der Waals surface area (Å²) in [5, 5.41) is 0. The van der Waals surface area contributed by atoms with Gasteiger partial charge in [0.1, 0.15) is 0 Å². The molecular formula is C14H17NO2. The van der Waals surface area contributed by atoms with E-state index in [4.69, 9.17) is 9.47 Å². The molecule has 0 bridgehead atoms. The lowest BCUT2D eigenvalue weighted by Gasteiger charge is -2.13. The number of nitrogens with zero attached hydrogens (tertiary/aromatic N) is 1. The van der Waals surface area contributed by atoms with Gasteiger partial charge >= 0.3 is 0 Å². The normalized spacial score (nSPS) is 10.4. The first-order valence-corrected chi connectivity index (χ1v) is 5.54. The third kappa shape index (κ3) is 2.00. The third-order valence-electron chi connectivity index (χ3n) is 2.90. The van der Waals surface area contributed by atoms with Gasteiger partial charge in [0.15, 0.2) is 11.5 Å². The molecule has 0 saturated heterocycles. The summed E-state index contributed by atoms with van der Waals surface area (Å²) in [6.07, 6.45) is 0. The average Bonchev–Trinajstić information content (AvgIpc) is 2.68. The second-order valence-corrected chi connectivity index (χ2v) is 3.99. The molecule has 0 atom stereocenters. The smallest absolute Gasteiger partial charge is 0.162 e. The summed E-state index contributed by atoms with van der Waals surface area (Å²) in [5.74, 6) is 1.50. The van der Waals surface area contributed by atoms with Crippen LogP contribution in [-0.4, -0.2) is 18.8 Å². The van der Waals surface area contributed by atoms with Crippen molar-refractivity contribution in [1.82, 2.24) is 4.57 Å². The number of aryl methyl sites for hydroxylation is 2. The molecule has 0 saturated carbocycles. The van der Waals surface area contributed by atoms with Gasteiger partial charge in [-0.15, -0.1) is 0 Å². The van der Waals surface area contributed by atoms with Gasteiger partial charge in [-0.2, -0.15) is 0 Å². The molecule has 0 spiro atoms. The monoisotopic (exact) mass is 231 g/mol. The van der Waals surface area contributed by atoms with Crippen molar-refractivity contribution in [2.45, 2.75) is 13.8 Å². The summed E-state index contributed by atoms with van der Waals surface area (Å²) < 4.78 is 12.7. The SMILES string of the molecule is COc1ccc(-n2c(C)ccc2C)cc1OC. The number of rotatable bonds is 3. The molecule has 0 aliphatic carbocycles. The van der Waals surface area contributed by atoms with Crippen LogP contribution in [0.2, 0.25) is 0 Å². The van der Waals surface area contributed by atoms with E-state index in [0.717, 1.165) is 17.2 Å². The zero-order chi connectivity index (χ0) is 12.4. The van der Waals surface area contributed by atoms with Crippen molar-refractivity contribution in [2.24, 2.45) is 0 Å². The average molecular weight is 231 g/mol. The van der Waals surface area contributed by atoms with E-state index in [1.54, 1.807) is 14.2 Å². The Bertz CT molecular complexity index is 510. The van der Waals surface area contributed by atoms with Crippen LogP contribution in [0, 0.1) is 13.8 Å². The van der Waals surface area contributed by atoms with Gasteiger partial charge in [0.05, 0.1) is 14.2 Å². The highest BCUT2D eigenvalue weighted by Crippen LogP contribution is 2.30. The Labute approximate surface area is 102 Å². The van der Waals surface area contributed by atoms with Gasteiger partial charge in [0, 0.05) is 23.1 Å². The Morgan fingerprint density at radius 1 is 0.824 bits per heavy atom. The molecule has 3 heteroatoms. The van der Waals surface area contributed by atoms with E-state index in [1.165, 1.54) is 11.4 Å². The van der Waals surface area contributed by atoms with Gasteiger partial charge < -0.3 is 14.0 Å². The fourth-order valence-corrected chi connectivity index (χ4v) is 2.04. The molecule has 0 aliphatic heterocycles. The quantitative estimate of drug-likeness (QED) is 0.810. The van der Waals surface area contributed by atoms with Gasteiger partial charge in [0.2, 0.25) is 0 Å². The summed E-state index contributed by atoms with van der Waals surface area (Å²) in [5.41, 5.74) is 3.49. The highest BCUT2D eigenvalue weighted by Gasteiger charge is 2.08. The number of ether oxygens (including phenoxy) is 2. The molecule has 1 aromatic heterocycles. The Balaban J connectivity index is 2.54. The van der Waals surface area contributed by atoms with Crippen LogP contribution < -0.4 is 9.47 Å². The second kappa shape index (κ2) is 4.53. The maximum atomic E-state index is 5.32.